The molecule has 0 aliphatic heterocycles. The van der Waals surface area contributed by atoms with Crippen molar-refractivity contribution in [2.45, 2.75) is 45.1 Å². The van der Waals surface area contributed by atoms with Crippen molar-refractivity contribution < 1.29 is 5.11 Å². The Hall–Kier alpha value is -0.900. The van der Waals surface area contributed by atoms with Gasteiger partial charge in [-0.3, -0.25) is 0 Å². The van der Waals surface area contributed by atoms with Crippen LogP contribution >= 0.6 is 22.9 Å². The standard InChI is InChI=1S/C16H20ClNOS/c1-15(2,3)13-10-20-14(18-13)9-16(4,19)11-6-5-7-12(17)8-11/h5-8,10,19H,9H2,1-4H3. The number of nitrogens with zero attached hydrogens (tertiary/aromatic N) is 1. The molecule has 2 rings (SSSR count). The Balaban J connectivity index is 2.22. The molecule has 1 N–H and O–H groups in total. The second kappa shape index (κ2) is 5.47. The van der Waals surface area contributed by atoms with Crippen LogP contribution in [0.5, 0.6) is 0 Å². The molecule has 2 aromatic rings. The molecular weight excluding hydrogens is 290 g/mol. The number of halogens is 1. The van der Waals surface area contributed by atoms with Crippen LogP contribution in [-0.2, 0) is 17.4 Å². The minimum absolute atomic E-state index is 0.0384. The van der Waals surface area contributed by atoms with Crippen LogP contribution in [0.1, 0.15) is 44.0 Å². The largest absolute Gasteiger partial charge is 0.385 e. The van der Waals surface area contributed by atoms with Gasteiger partial charge >= 0.3 is 0 Å². The van der Waals surface area contributed by atoms with Gasteiger partial charge in [-0.25, -0.2) is 4.98 Å². The van der Waals surface area contributed by atoms with Crippen molar-refractivity contribution >= 4 is 22.9 Å². The molecule has 0 saturated heterocycles. The van der Waals surface area contributed by atoms with E-state index in [0.29, 0.717) is 11.4 Å². The third-order valence-corrected chi connectivity index (χ3v) is 4.35. The van der Waals surface area contributed by atoms with Crippen LogP contribution in [0.2, 0.25) is 5.02 Å². The SMILES string of the molecule is CC(C)(C)c1csc(CC(C)(O)c2cccc(Cl)c2)n1. The number of aromatic nitrogens is 1. The maximum Gasteiger partial charge on any atom is 0.0960 e. The number of aliphatic hydroxyl groups is 1. The molecule has 0 fully saturated rings. The summed E-state index contributed by atoms with van der Waals surface area (Å²) in [4.78, 5) is 4.64. The Morgan fingerprint density at radius 1 is 1.25 bits per heavy atom. The molecule has 1 aromatic carbocycles. The lowest BCUT2D eigenvalue weighted by molar-refractivity contribution is 0.0575. The smallest absolute Gasteiger partial charge is 0.0960 e. The van der Waals surface area contributed by atoms with E-state index in [9.17, 15) is 5.11 Å². The molecule has 4 heteroatoms. The lowest BCUT2D eigenvalue weighted by Crippen LogP contribution is -2.24. The lowest BCUT2D eigenvalue weighted by atomic mass is 9.92. The third kappa shape index (κ3) is 3.60. The van der Waals surface area contributed by atoms with Crippen LogP contribution in [0.3, 0.4) is 0 Å². The monoisotopic (exact) mass is 309 g/mol. The van der Waals surface area contributed by atoms with E-state index in [1.165, 1.54) is 0 Å². The molecule has 1 atom stereocenters. The minimum atomic E-state index is -0.960. The van der Waals surface area contributed by atoms with Crippen LogP contribution in [0.15, 0.2) is 29.6 Å². The van der Waals surface area contributed by atoms with Gasteiger partial charge in [0.25, 0.3) is 0 Å². The van der Waals surface area contributed by atoms with E-state index in [1.54, 1.807) is 24.3 Å². The van der Waals surface area contributed by atoms with Crippen molar-refractivity contribution in [1.82, 2.24) is 4.98 Å². The second-order valence-electron chi connectivity index (χ2n) is 6.34. The van der Waals surface area contributed by atoms with Crippen molar-refractivity contribution in [3.8, 4) is 0 Å². The first kappa shape index (κ1) is 15.5. The molecule has 108 valence electrons. The molecule has 0 amide bonds. The molecule has 0 spiro atoms. The van der Waals surface area contributed by atoms with Gasteiger partial charge in [-0.15, -0.1) is 11.3 Å². The second-order valence-corrected chi connectivity index (χ2v) is 7.72. The number of thiazole rings is 1. The van der Waals surface area contributed by atoms with Crippen LogP contribution in [0.4, 0.5) is 0 Å². The lowest BCUT2D eigenvalue weighted by Gasteiger charge is -2.23. The van der Waals surface area contributed by atoms with Gasteiger partial charge in [-0.05, 0) is 24.6 Å². The Morgan fingerprint density at radius 3 is 2.50 bits per heavy atom. The third-order valence-electron chi connectivity index (χ3n) is 3.26. The maximum absolute atomic E-state index is 10.7. The van der Waals surface area contributed by atoms with Crippen LogP contribution in [-0.4, -0.2) is 10.1 Å². The van der Waals surface area contributed by atoms with Gasteiger partial charge in [0, 0.05) is 22.2 Å². The highest BCUT2D eigenvalue weighted by molar-refractivity contribution is 7.09. The van der Waals surface area contributed by atoms with Crippen LogP contribution < -0.4 is 0 Å². The minimum Gasteiger partial charge on any atom is -0.385 e. The van der Waals surface area contributed by atoms with E-state index in [0.717, 1.165) is 16.3 Å². The van der Waals surface area contributed by atoms with Gasteiger partial charge < -0.3 is 5.11 Å². The average Bonchev–Trinajstić information content (AvgIpc) is 2.76. The number of hydrogen-bond acceptors (Lipinski definition) is 3. The van der Waals surface area contributed by atoms with Crippen molar-refractivity contribution in [3.05, 3.63) is 50.9 Å². The molecule has 1 aromatic heterocycles. The van der Waals surface area contributed by atoms with Crippen LogP contribution in [0, 0.1) is 0 Å². The summed E-state index contributed by atoms with van der Waals surface area (Å²) in [5.41, 5.74) is 0.964. The number of benzene rings is 1. The summed E-state index contributed by atoms with van der Waals surface area (Å²) in [7, 11) is 0. The fourth-order valence-electron chi connectivity index (χ4n) is 1.96. The molecular formula is C16H20ClNOS. The zero-order valence-electron chi connectivity index (χ0n) is 12.3. The quantitative estimate of drug-likeness (QED) is 0.902. The average molecular weight is 310 g/mol. The highest BCUT2D eigenvalue weighted by atomic mass is 35.5. The maximum atomic E-state index is 10.7. The molecule has 0 bridgehead atoms. The number of hydrogen-bond donors (Lipinski definition) is 1. The summed E-state index contributed by atoms with van der Waals surface area (Å²) in [6.07, 6.45) is 0.494. The molecule has 0 aliphatic carbocycles. The zero-order valence-corrected chi connectivity index (χ0v) is 13.8. The van der Waals surface area contributed by atoms with Crippen molar-refractivity contribution in [3.63, 3.8) is 0 Å². The fourth-order valence-corrected chi connectivity index (χ4v) is 3.32. The number of rotatable bonds is 3. The summed E-state index contributed by atoms with van der Waals surface area (Å²) in [5, 5.41) is 14.3. The first-order chi connectivity index (χ1) is 9.18. The molecule has 1 unspecified atom stereocenters. The molecule has 2 nitrogen and oxygen atoms in total. The molecule has 0 radical (unpaired) electrons. The highest BCUT2D eigenvalue weighted by Crippen LogP contribution is 2.30. The van der Waals surface area contributed by atoms with Gasteiger partial charge in [0.1, 0.15) is 0 Å². The van der Waals surface area contributed by atoms with Gasteiger partial charge in [-0.1, -0.05) is 44.5 Å². The Kier molecular flexibility index (Phi) is 4.24. The Bertz CT molecular complexity index is 599. The van der Waals surface area contributed by atoms with E-state index >= 15 is 0 Å². The van der Waals surface area contributed by atoms with Gasteiger partial charge in [0.2, 0.25) is 0 Å². The van der Waals surface area contributed by atoms with Crippen molar-refractivity contribution in [2.24, 2.45) is 0 Å². The topological polar surface area (TPSA) is 33.1 Å². The van der Waals surface area contributed by atoms with E-state index in [-0.39, 0.29) is 5.41 Å². The summed E-state index contributed by atoms with van der Waals surface area (Å²) >= 11 is 7.59. The molecule has 0 saturated carbocycles. The van der Waals surface area contributed by atoms with E-state index in [4.69, 9.17) is 11.6 Å². The Morgan fingerprint density at radius 2 is 1.95 bits per heavy atom. The van der Waals surface area contributed by atoms with Gasteiger partial charge in [-0.2, -0.15) is 0 Å². The van der Waals surface area contributed by atoms with E-state index < -0.39 is 5.60 Å². The summed E-state index contributed by atoms with van der Waals surface area (Å²) in [6, 6.07) is 7.36. The molecule has 0 aliphatic rings. The zero-order chi connectivity index (χ0) is 15.0. The van der Waals surface area contributed by atoms with Gasteiger partial charge in [0.05, 0.1) is 16.3 Å². The fraction of sp³-hybridized carbons (Fsp3) is 0.438. The van der Waals surface area contributed by atoms with Crippen molar-refractivity contribution in [2.75, 3.05) is 0 Å². The molecule has 1 heterocycles. The first-order valence-electron chi connectivity index (χ1n) is 6.62. The molecule has 20 heavy (non-hydrogen) atoms. The van der Waals surface area contributed by atoms with E-state index in [2.05, 4.69) is 31.1 Å². The first-order valence-corrected chi connectivity index (χ1v) is 7.87. The predicted octanol–water partition coefficient (Wildman–Crippen LogP) is 4.54. The normalized spacial score (nSPS) is 15.1. The summed E-state index contributed by atoms with van der Waals surface area (Å²) in [6.45, 7) is 8.22. The van der Waals surface area contributed by atoms with Gasteiger partial charge in [0.15, 0.2) is 0 Å². The predicted molar refractivity (Wildman–Crippen MR) is 85.5 cm³/mol. The summed E-state index contributed by atoms with van der Waals surface area (Å²) in [5.74, 6) is 0. The van der Waals surface area contributed by atoms with Crippen LogP contribution in [0.25, 0.3) is 0 Å². The Labute approximate surface area is 129 Å². The van der Waals surface area contributed by atoms with Crippen molar-refractivity contribution in [1.29, 1.82) is 0 Å². The highest BCUT2D eigenvalue weighted by Gasteiger charge is 2.26. The summed E-state index contributed by atoms with van der Waals surface area (Å²) < 4.78 is 0. The van der Waals surface area contributed by atoms with E-state index in [1.807, 2.05) is 18.2 Å².